The average molecular weight is 176 g/mol. The number of likely N-dealkylation sites (tertiary alicyclic amines) is 1. The summed E-state index contributed by atoms with van der Waals surface area (Å²) in [5.74, 6) is 0.790. The van der Waals surface area contributed by atoms with E-state index in [0.29, 0.717) is 5.38 Å². The van der Waals surface area contributed by atoms with Crippen LogP contribution in [0.25, 0.3) is 0 Å². The average Bonchev–Trinajstić information content (AvgIpc) is 1.85. The lowest BCUT2D eigenvalue weighted by atomic mass is 10.00. The molecule has 66 valence electrons. The predicted octanol–water partition coefficient (Wildman–Crippen LogP) is 2.35. The summed E-state index contributed by atoms with van der Waals surface area (Å²) < 4.78 is 0. The van der Waals surface area contributed by atoms with Crippen LogP contribution in [-0.2, 0) is 0 Å². The Balaban J connectivity index is 2.30. The third kappa shape index (κ3) is 3.00. The van der Waals surface area contributed by atoms with Crippen molar-refractivity contribution in [2.45, 2.75) is 32.1 Å². The van der Waals surface area contributed by atoms with Crippen molar-refractivity contribution in [2.24, 2.45) is 5.92 Å². The molecule has 0 aromatic heterocycles. The Morgan fingerprint density at radius 3 is 2.73 bits per heavy atom. The molecule has 1 aliphatic rings. The summed E-state index contributed by atoms with van der Waals surface area (Å²) >= 11 is 6.10. The van der Waals surface area contributed by atoms with Gasteiger partial charge in [-0.3, -0.25) is 0 Å². The fourth-order valence-corrected chi connectivity index (χ4v) is 2.38. The van der Waals surface area contributed by atoms with Crippen LogP contribution in [0.4, 0.5) is 0 Å². The second-order valence-electron chi connectivity index (χ2n) is 3.70. The third-order valence-corrected chi connectivity index (χ3v) is 2.54. The Kier molecular flexibility index (Phi) is 3.67. The topological polar surface area (TPSA) is 3.24 Å². The van der Waals surface area contributed by atoms with Gasteiger partial charge in [0.1, 0.15) is 0 Å². The molecule has 11 heavy (non-hydrogen) atoms. The van der Waals surface area contributed by atoms with Gasteiger partial charge < -0.3 is 4.90 Å². The molecule has 0 N–H and O–H groups in total. The Bertz CT molecular complexity index is 106. The fourth-order valence-electron chi connectivity index (χ4n) is 1.88. The van der Waals surface area contributed by atoms with Crippen LogP contribution in [0.5, 0.6) is 0 Å². The van der Waals surface area contributed by atoms with E-state index in [0.717, 1.165) is 12.5 Å². The molecule has 0 radical (unpaired) electrons. The summed E-state index contributed by atoms with van der Waals surface area (Å²) in [5, 5.41) is 0.394. The number of alkyl halides is 1. The quantitative estimate of drug-likeness (QED) is 0.583. The van der Waals surface area contributed by atoms with Crippen LogP contribution in [0.15, 0.2) is 0 Å². The van der Waals surface area contributed by atoms with Crippen molar-refractivity contribution in [1.82, 2.24) is 4.90 Å². The molecule has 0 spiro atoms. The van der Waals surface area contributed by atoms with Gasteiger partial charge in [-0.25, -0.2) is 0 Å². The van der Waals surface area contributed by atoms with Gasteiger partial charge in [-0.1, -0.05) is 13.8 Å². The lowest BCUT2D eigenvalue weighted by Crippen LogP contribution is -2.40. The zero-order valence-electron chi connectivity index (χ0n) is 7.52. The molecule has 1 rings (SSSR count). The first-order chi connectivity index (χ1) is 5.22. The van der Waals surface area contributed by atoms with Crippen LogP contribution in [0.3, 0.4) is 0 Å². The van der Waals surface area contributed by atoms with Crippen LogP contribution in [-0.4, -0.2) is 29.9 Å². The first kappa shape index (κ1) is 9.34. The van der Waals surface area contributed by atoms with Crippen molar-refractivity contribution in [2.75, 3.05) is 19.6 Å². The van der Waals surface area contributed by atoms with Crippen molar-refractivity contribution >= 4 is 11.6 Å². The zero-order chi connectivity index (χ0) is 8.27. The van der Waals surface area contributed by atoms with Crippen molar-refractivity contribution in [3.63, 3.8) is 0 Å². The molecule has 0 bridgehead atoms. The minimum absolute atomic E-state index is 0.394. The summed E-state index contributed by atoms with van der Waals surface area (Å²) in [5.41, 5.74) is 0. The molecule has 2 atom stereocenters. The molecule has 1 saturated heterocycles. The van der Waals surface area contributed by atoms with E-state index in [-0.39, 0.29) is 0 Å². The molecular formula is C9H18ClN. The Morgan fingerprint density at radius 2 is 2.18 bits per heavy atom. The zero-order valence-corrected chi connectivity index (χ0v) is 8.27. The van der Waals surface area contributed by atoms with Gasteiger partial charge in [0.05, 0.1) is 0 Å². The van der Waals surface area contributed by atoms with Gasteiger partial charge in [0, 0.05) is 18.5 Å². The van der Waals surface area contributed by atoms with E-state index in [1.807, 2.05) is 0 Å². The van der Waals surface area contributed by atoms with Gasteiger partial charge in [-0.2, -0.15) is 0 Å². The van der Waals surface area contributed by atoms with E-state index in [1.165, 1.54) is 25.9 Å². The largest absolute Gasteiger partial charge is 0.302 e. The van der Waals surface area contributed by atoms with Crippen molar-refractivity contribution < 1.29 is 0 Å². The van der Waals surface area contributed by atoms with Crippen molar-refractivity contribution in [3.8, 4) is 0 Å². The second-order valence-corrected chi connectivity index (χ2v) is 4.31. The minimum Gasteiger partial charge on any atom is -0.302 e. The van der Waals surface area contributed by atoms with Gasteiger partial charge in [0.15, 0.2) is 0 Å². The first-order valence-corrected chi connectivity index (χ1v) is 5.02. The normalized spacial score (nSPS) is 34.1. The molecule has 1 heterocycles. The summed E-state index contributed by atoms with van der Waals surface area (Å²) in [6, 6.07) is 0. The number of halogens is 1. The van der Waals surface area contributed by atoms with E-state index in [4.69, 9.17) is 11.6 Å². The highest BCUT2D eigenvalue weighted by Gasteiger charge is 2.21. The molecule has 0 amide bonds. The highest BCUT2D eigenvalue weighted by molar-refractivity contribution is 6.20. The van der Waals surface area contributed by atoms with E-state index in [9.17, 15) is 0 Å². The van der Waals surface area contributed by atoms with Gasteiger partial charge in [-0.05, 0) is 25.3 Å². The maximum absolute atomic E-state index is 6.10. The molecule has 2 heteroatoms. The second kappa shape index (κ2) is 4.32. The van der Waals surface area contributed by atoms with Crippen molar-refractivity contribution in [1.29, 1.82) is 0 Å². The van der Waals surface area contributed by atoms with E-state index >= 15 is 0 Å². The van der Waals surface area contributed by atoms with E-state index < -0.39 is 0 Å². The molecular weight excluding hydrogens is 158 g/mol. The summed E-state index contributed by atoms with van der Waals surface area (Å²) in [7, 11) is 0. The molecule has 0 aromatic rings. The molecule has 0 aromatic carbocycles. The van der Waals surface area contributed by atoms with E-state index in [2.05, 4.69) is 18.7 Å². The fraction of sp³-hybridized carbons (Fsp3) is 1.00. The molecule has 1 nitrogen and oxygen atoms in total. The first-order valence-electron chi connectivity index (χ1n) is 4.58. The number of nitrogens with zero attached hydrogens (tertiary/aromatic N) is 1. The number of hydrogen-bond donors (Lipinski definition) is 0. The van der Waals surface area contributed by atoms with Crippen LogP contribution in [0.1, 0.15) is 26.7 Å². The van der Waals surface area contributed by atoms with Gasteiger partial charge in [0.2, 0.25) is 0 Å². The standard InChI is InChI=1S/C9H18ClN/c1-3-4-11-6-8(2)5-9(10)7-11/h8-9H,3-7H2,1-2H3. The smallest absolute Gasteiger partial charge is 0.0466 e. The molecule has 0 saturated carbocycles. The summed E-state index contributed by atoms with van der Waals surface area (Å²) in [6.45, 7) is 8.07. The van der Waals surface area contributed by atoms with Crippen molar-refractivity contribution in [3.05, 3.63) is 0 Å². The van der Waals surface area contributed by atoms with E-state index in [1.54, 1.807) is 0 Å². The SMILES string of the molecule is CCCN1CC(C)CC(Cl)C1. The Morgan fingerprint density at radius 1 is 1.45 bits per heavy atom. The lowest BCUT2D eigenvalue weighted by molar-refractivity contribution is 0.187. The highest BCUT2D eigenvalue weighted by atomic mass is 35.5. The van der Waals surface area contributed by atoms with Gasteiger partial charge in [-0.15, -0.1) is 11.6 Å². The predicted molar refractivity (Wildman–Crippen MR) is 50.2 cm³/mol. The summed E-state index contributed by atoms with van der Waals surface area (Å²) in [6.07, 6.45) is 2.44. The summed E-state index contributed by atoms with van der Waals surface area (Å²) in [4.78, 5) is 2.48. The van der Waals surface area contributed by atoms with Crippen LogP contribution in [0, 0.1) is 5.92 Å². The molecule has 1 fully saturated rings. The highest BCUT2D eigenvalue weighted by Crippen LogP contribution is 2.20. The Hall–Kier alpha value is 0.250. The van der Waals surface area contributed by atoms with Crippen LogP contribution in [0.2, 0.25) is 0 Å². The number of piperidine rings is 1. The van der Waals surface area contributed by atoms with Gasteiger partial charge in [0.25, 0.3) is 0 Å². The molecule has 2 unspecified atom stereocenters. The van der Waals surface area contributed by atoms with Crippen LogP contribution >= 0.6 is 11.6 Å². The minimum atomic E-state index is 0.394. The third-order valence-electron chi connectivity index (χ3n) is 2.22. The maximum atomic E-state index is 6.10. The molecule has 0 aliphatic carbocycles. The Labute approximate surface area is 74.7 Å². The number of rotatable bonds is 2. The number of hydrogen-bond acceptors (Lipinski definition) is 1. The van der Waals surface area contributed by atoms with Gasteiger partial charge >= 0.3 is 0 Å². The lowest BCUT2D eigenvalue weighted by Gasteiger charge is -2.33. The molecule has 1 aliphatic heterocycles. The monoisotopic (exact) mass is 175 g/mol. The maximum Gasteiger partial charge on any atom is 0.0466 e. The van der Waals surface area contributed by atoms with Crippen LogP contribution < -0.4 is 0 Å².